The van der Waals surface area contributed by atoms with Gasteiger partial charge in [-0.1, -0.05) is 69.2 Å². The zero-order chi connectivity index (χ0) is 18.4. The van der Waals surface area contributed by atoms with Gasteiger partial charge in [0.05, 0.1) is 0 Å². The van der Waals surface area contributed by atoms with Crippen molar-refractivity contribution < 1.29 is 9.53 Å². The molecule has 0 heterocycles. The summed E-state index contributed by atoms with van der Waals surface area (Å²) in [4.78, 5) is 11.4. The Bertz CT molecular complexity index is 754. The quantitative estimate of drug-likeness (QED) is 0.431. The lowest BCUT2D eigenvalue weighted by Crippen LogP contribution is -2.05. The minimum atomic E-state index is -0.205. The van der Waals surface area contributed by atoms with E-state index in [0.29, 0.717) is 12.2 Å². The first-order chi connectivity index (χ1) is 12.7. The summed E-state index contributed by atoms with van der Waals surface area (Å²) in [5.74, 6) is 1.28. The summed E-state index contributed by atoms with van der Waals surface area (Å²) in [6.45, 7) is 4.07. The van der Waals surface area contributed by atoms with Gasteiger partial charge in [-0.15, -0.1) is 0 Å². The van der Waals surface area contributed by atoms with Crippen molar-refractivity contribution in [3.63, 3.8) is 0 Å². The average Bonchev–Trinajstić information content (AvgIpc) is 2.69. The molecule has 0 aromatic heterocycles. The van der Waals surface area contributed by atoms with Crippen LogP contribution in [0.4, 0.5) is 0 Å². The van der Waals surface area contributed by atoms with Crippen LogP contribution in [0.25, 0.3) is 16.7 Å². The Kier molecular flexibility index (Phi) is 6.27. The Morgan fingerprint density at radius 3 is 2.12 bits per heavy atom. The van der Waals surface area contributed by atoms with E-state index in [4.69, 9.17) is 4.74 Å². The summed E-state index contributed by atoms with van der Waals surface area (Å²) in [6.07, 6.45) is 9.21. The van der Waals surface area contributed by atoms with E-state index in [1.54, 1.807) is 6.92 Å². The summed E-state index contributed by atoms with van der Waals surface area (Å²) in [7, 11) is 0. The van der Waals surface area contributed by atoms with Gasteiger partial charge in [0, 0.05) is 6.42 Å². The van der Waals surface area contributed by atoms with Crippen molar-refractivity contribution in [1.82, 2.24) is 0 Å². The van der Waals surface area contributed by atoms with Gasteiger partial charge in [-0.3, -0.25) is 4.79 Å². The Balaban J connectivity index is 1.67. The third kappa shape index (κ3) is 4.63. The fourth-order valence-corrected chi connectivity index (χ4v) is 3.62. The number of carbonyl (C=O) groups excluding carboxylic acids is 1. The molecule has 0 aliphatic heterocycles. The van der Waals surface area contributed by atoms with E-state index in [-0.39, 0.29) is 5.97 Å². The summed E-state index contributed by atoms with van der Waals surface area (Å²) in [5, 5.41) is 0. The molecule has 0 amide bonds. The minimum Gasteiger partial charge on any atom is -0.427 e. The van der Waals surface area contributed by atoms with Crippen molar-refractivity contribution in [2.75, 3.05) is 0 Å². The second kappa shape index (κ2) is 8.84. The van der Waals surface area contributed by atoms with Gasteiger partial charge in [-0.05, 0) is 59.6 Å². The highest BCUT2D eigenvalue weighted by Gasteiger charge is 2.14. The van der Waals surface area contributed by atoms with Gasteiger partial charge in [0.15, 0.2) is 0 Å². The van der Waals surface area contributed by atoms with Gasteiger partial charge in [-0.25, -0.2) is 0 Å². The van der Waals surface area contributed by atoms with Gasteiger partial charge >= 0.3 is 5.97 Å². The number of hydrogen-bond acceptors (Lipinski definition) is 2. The van der Waals surface area contributed by atoms with Crippen LogP contribution >= 0.6 is 0 Å². The molecule has 0 fully saturated rings. The van der Waals surface area contributed by atoms with E-state index < -0.39 is 0 Å². The van der Waals surface area contributed by atoms with Gasteiger partial charge in [0.25, 0.3) is 0 Å². The number of benzene rings is 2. The smallest absolute Gasteiger partial charge is 0.310 e. The Labute approximate surface area is 156 Å². The van der Waals surface area contributed by atoms with Gasteiger partial charge in [0.2, 0.25) is 0 Å². The molecule has 1 aliphatic carbocycles. The van der Waals surface area contributed by atoms with Gasteiger partial charge < -0.3 is 4.74 Å². The molecule has 2 nitrogen and oxygen atoms in total. The number of allylic oxidation sites excluding steroid dienone is 2. The summed E-state index contributed by atoms with van der Waals surface area (Å²) in [6, 6.07) is 16.5. The topological polar surface area (TPSA) is 26.3 Å². The highest BCUT2D eigenvalue weighted by Crippen LogP contribution is 2.33. The Hall–Kier alpha value is -2.35. The van der Waals surface area contributed by atoms with E-state index >= 15 is 0 Å². The maximum Gasteiger partial charge on any atom is 0.310 e. The molecule has 26 heavy (non-hydrogen) atoms. The van der Waals surface area contributed by atoms with Crippen LogP contribution in [0.15, 0.2) is 54.6 Å². The molecular weight excluding hydrogens is 320 g/mol. The van der Waals surface area contributed by atoms with Crippen molar-refractivity contribution in [1.29, 1.82) is 0 Å². The van der Waals surface area contributed by atoms with E-state index in [1.807, 2.05) is 24.3 Å². The van der Waals surface area contributed by atoms with Crippen molar-refractivity contribution in [3.05, 3.63) is 60.2 Å². The zero-order valence-corrected chi connectivity index (χ0v) is 15.8. The molecule has 1 aliphatic rings. The molecule has 0 bridgehead atoms. The molecule has 0 saturated carbocycles. The molecule has 0 radical (unpaired) electrons. The number of esters is 1. The number of ether oxygens (including phenoxy) is 1. The Morgan fingerprint density at radius 1 is 0.962 bits per heavy atom. The lowest BCUT2D eigenvalue weighted by Gasteiger charge is -2.21. The van der Waals surface area contributed by atoms with E-state index in [9.17, 15) is 4.79 Å². The predicted octanol–water partition coefficient (Wildman–Crippen LogP) is 6.65. The fraction of sp³-hybridized carbons (Fsp3) is 0.375. The summed E-state index contributed by atoms with van der Waals surface area (Å²) < 4.78 is 5.23. The van der Waals surface area contributed by atoms with Gasteiger partial charge in [0.1, 0.15) is 5.75 Å². The van der Waals surface area contributed by atoms with E-state index in [0.717, 1.165) is 11.5 Å². The normalized spacial score (nSPS) is 16.8. The first kappa shape index (κ1) is 18.4. The maximum absolute atomic E-state index is 11.4. The first-order valence-corrected chi connectivity index (χ1v) is 9.80. The van der Waals surface area contributed by atoms with Crippen molar-refractivity contribution in [2.45, 2.75) is 52.4 Å². The van der Waals surface area contributed by atoms with Crippen molar-refractivity contribution in [3.8, 4) is 16.9 Å². The van der Waals surface area contributed by atoms with Crippen LogP contribution < -0.4 is 4.74 Å². The van der Waals surface area contributed by atoms with Crippen LogP contribution in [-0.2, 0) is 4.79 Å². The van der Waals surface area contributed by atoms with Crippen LogP contribution in [0, 0.1) is 5.92 Å². The van der Waals surface area contributed by atoms with Gasteiger partial charge in [-0.2, -0.15) is 0 Å². The predicted molar refractivity (Wildman–Crippen MR) is 108 cm³/mol. The molecule has 1 atom stereocenters. The Morgan fingerprint density at radius 2 is 1.58 bits per heavy atom. The molecule has 0 saturated heterocycles. The lowest BCUT2D eigenvalue weighted by molar-refractivity contribution is -0.134. The minimum absolute atomic E-state index is 0.205. The van der Waals surface area contributed by atoms with Crippen molar-refractivity contribution >= 4 is 11.5 Å². The first-order valence-electron chi connectivity index (χ1n) is 9.80. The second-order valence-electron chi connectivity index (χ2n) is 7.09. The molecule has 3 rings (SSSR count). The molecule has 2 aromatic carbocycles. The maximum atomic E-state index is 11.4. The fourth-order valence-electron chi connectivity index (χ4n) is 3.62. The van der Waals surface area contributed by atoms with E-state index in [1.165, 1.54) is 48.8 Å². The molecule has 1 unspecified atom stereocenters. The van der Waals surface area contributed by atoms with Crippen LogP contribution in [0.5, 0.6) is 5.75 Å². The molecule has 0 N–H and O–H groups in total. The molecular formula is C24H28O2. The molecule has 0 spiro atoms. The monoisotopic (exact) mass is 348 g/mol. The SMILES string of the molecule is CCCC1CC=C(c2ccc(-c3ccc(OC(=O)CC)cc3)cc2)CC1. The largest absolute Gasteiger partial charge is 0.427 e. The van der Waals surface area contributed by atoms with Crippen molar-refractivity contribution in [2.24, 2.45) is 5.92 Å². The summed E-state index contributed by atoms with van der Waals surface area (Å²) in [5.41, 5.74) is 5.15. The lowest BCUT2D eigenvalue weighted by atomic mass is 9.84. The molecule has 2 heteroatoms. The highest BCUT2D eigenvalue weighted by atomic mass is 16.5. The van der Waals surface area contributed by atoms with Crippen LogP contribution in [0.3, 0.4) is 0 Å². The number of carbonyl (C=O) groups is 1. The zero-order valence-electron chi connectivity index (χ0n) is 15.8. The van der Waals surface area contributed by atoms with E-state index in [2.05, 4.69) is 37.3 Å². The number of hydrogen-bond donors (Lipinski definition) is 0. The van der Waals surface area contributed by atoms with Crippen LogP contribution in [-0.4, -0.2) is 5.97 Å². The number of rotatable bonds is 6. The average molecular weight is 348 g/mol. The third-order valence-corrected chi connectivity index (χ3v) is 5.18. The highest BCUT2D eigenvalue weighted by molar-refractivity contribution is 5.73. The van der Waals surface area contributed by atoms with Crippen LogP contribution in [0.1, 0.15) is 57.9 Å². The standard InChI is InChI=1S/C24H28O2/c1-3-5-18-6-8-19(9-7-18)20-10-12-21(13-11-20)22-14-16-23(17-15-22)26-24(25)4-2/h8,10-18H,3-7,9H2,1-2H3. The molecule has 136 valence electrons. The third-order valence-electron chi connectivity index (χ3n) is 5.18. The molecule has 2 aromatic rings. The second-order valence-corrected chi connectivity index (χ2v) is 7.09. The summed E-state index contributed by atoms with van der Waals surface area (Å²) >= 11 is 0. The van der Waals surface area contributed by atoms with Crippen LogP contribution in [0.2, 0.25) is 0 Å².